The van der Waals surface area contributed by atoms with Gasteiger partial charge in [-0.1, -0.05) is 0 Å². The van der Waals surface area contributed by atoms with Crippen molar-refractivity contribution >= 4 is 5.97 Å². The van der Waals surface area contributed by atoms with E-state index in [4.69, 9.17) is 14.6 Å². The predicted molar refractivity (Wildman–Crippen MR) is 54.1 cm³/mol. The molecular weight excluding hydrogens is 236 g/mol. The molecule has 0 aliphatic rings. The van der Waals surface area contributed by atoms with E-state index in [1.807, 2.05) is 0 Å². The van der Waals surface area contributed by atoms with Crippen LogP contribution >= 0.6 is 0 Å². The largest absolute Gasteiger partial charge is 0.475 e. The van der Waals surface area contributed by atoms with Crippen molar-refractivity contribution in [2.45, 2.75) is 19.4 Å². The molecule has 0 atom stereocenters. The highest BCUT2D eigenvalue weighted by Gasteiger charge is 2.27. The highest BCUT2D eigenvalue weighted by molar-refractivity contribution is 5.86. The standard InChI is InChI=1S/C10H13F2NO4/c1-6-2-7(17-8(6)9(15)16)3-13-4-10(11,12)5-14/h2,13-14H,3-5H2,1H3,(H,15,16). The van der Waals surface area contributed by atoms with Crippen LogP contribution in [0.5, 0.6) is 0 Å². The molecule has 1 rings (SSSR count). The van der Waals surface area contributed by atoms with E-state index >= 15 is 0 Å². The van der Waals surface area contributed by atoms with Crippen molar-refractivity contribution in [3.05, 3.63) is 23.2 Å². The third-order valence-electron chi connectivity index (χ3n) is 2.08. The first-order chi connectivity index (χ1) is 7.85. The van der Waals surface area contributed by atoms with Crippen LogP contribution in [0.25, 0.3) is 0 Å². The van der Waals surface area contributed by atoms with Crippen LogP contribution in [0.1, 0.15) is 21.9 Å². The summed E-state index contributed by atoms with van der Waals surface area (Å²) in [7, 11) is 0. The minimum Gasteiger partial charge on any atom is -0.475 e. The van der Waals surface area contributed by atoms with E-state index in [0.29, 0.717) is 5.56 Å². The zero-order valence-electron chi connectivity index (χ0n) is 9.17. The summed E-state index contributed by atoms with van der Waals surface area (Å²) in [6.45, 7) is -0.411. The summed E-state index contributed by atoms with van der Waals surface area (Å²) >= 11 is 0. The number of furan rings is 1. The van der Waals surface area contributed by atoms with E-state index in [9.17, 15) is 13.6 Å². The van der Waals surface area contributed by atoms with Crippen molar-refractivity contribution in [3.63, 3.8) is 0 Å². The Morgan fingerprint density at radius 1 is 1.59 bits per heavy atom. The van der Waals surface area contributed by atoms with Gasteiger partial charge in [0.25, 0.3) is 5.92 Å². The fraction of sp³-hybridized carbons (Fsp3) is 0.500. The fourth-order valence-electron chi connectivity index (χ4n) is 1.27. The van der Waals surface area contributed by atoms with Gasteiger partial charge < -0.3 is 19.9 Å². The van der Waals surface area contributed by atoms with Crippen molar-refractivity contribution in [1.29, 1.82) is 0 Å². The molecule has 0 saturated heterocycles. The van der Waals surface area contributed by atoms with Crippen LogP contribution in [-0.2, 0) is 6.54 Å². The monoisotopic (exact) mass is 249 g/mol. The summed E-state index contributed by atoms with van der Waals surface area (Å²) in [4.78, 5) is 10.6. The maximum atomic E-state index is 12.6. The van der Waals surface area contributed by atoms with Crippen LogP contribution in [0, 0.1) is 6.92 Å². The molecule has 0 bridgehead atoms. The molecule has 0 fully saturated rings. The lowest BCUT2D eigenvalue weighted by molar-refractivity contribution is -0.0480. The number of carboxylic acids is 1. The Labute approximate surface area is 96.0 Å². The lowest BCUT2D eigenvalue weighted by Crippen LogP contribution is -2.35. The summed E-state index contributed by atoms with van der Waals surface area (Å²) < 4.78 is 30.2. The molecule has 17 heavy (non-hydrogen) atoms. The van der Waals surface area contributed by atoms with Crippen LogP contribution < -0.4 is 5.32 Å². The van der Waals surface area contributed by atoms with Crippen molar-refractivity contribution < 1.29 is 28.2 Å². The number of nitrogens with one attached hydrogen (secondary N) is 1. The second-order valence-electron chi connectivity index (χ2n) is 3.65. The summed E-state index contributed by atoms with van der Waals surface area (Å²) in [5.74, 6) is -4.34. The lowest BCUT2D eigenvalue weighted by Gasteiger charge is -2.12. The molecule has 1 heterocycles. The van der Waals surface area contributed by atoms with Crippen LogP contribution in [0.2, 0.25) is 0 Å². The van der Waals surface area contributed by atoms with Gasteiger partial charge in [-0.2, -0.15) is 0 Å². The molecule has 0 saturated carbocycles. The Morgan fingerprint density at radius 2 is 2.24 bits per heavy atom. The first-order valence-corrected chi connectivity index (χ1v) is 4.88. The van der Waals surface area contributed by atoms with Crippen LogP contribution in [0.3, 0.4) is 0 Å². The van der Waals surface area contributed by atoms with Crippen molar-refractivity contribution in [2.24, 2.45) is 0 Å². The Hall–Kier alpha value is -1.47. The highest BCUT2D eigenvalue weighted by atomic mass is 19.3. The maximum Gasteiger partial charge on any atom is 0.372 e. The number of carboxylic acid groups (broad SMARTS) is 1. The third kappa shape index (κ3) is 3.79. The number of aromatic carboxylic acids is 1. The zero-order valence-corrected chi connectivity index (χ0v) is 9.17. The molecule has 5 nitrogen and oxygen atoms in total. The second-order valence-corrected chi connectivity index (χ2v) is 3.65. The van der Waals surface area contributed by atoms with Gasteiger partial charge in [0.15, 0.2) is 0 Å². The summed E-state index contributed by atoms with van der Waals surface area (Å²) in [6, 6.07) is 1.47. The van der Waals surface area contributed by atoms with Gasteiger partial charge in [-0.05, 0) is 13.0 Å². The van der Waals surface area contributed by atoms with E-state index in [-0.39, 0.29) is 18.1 Å². The van der Waals surface area contributed by atoms with Gasteiger partial charge in [0, 0.05) is 5.56 Å². The van der Waals surface area contributed by atoms with Crippen molar-refractivity contribution in [2.75, 3.05) is 13.2 Å². The first kappa shape index (κ1) is 13.6. The number of hydrogen-bond donors (Lipinski definition) is 3. The van der Waals surface area contributed by atoms with Gasteiger partial charge in [0.2, 0.25) is 5.76 Å². The summed E-state index contributed by atoms with van der Waals surface area (Å²) in [5, 5.41) is 19.4. The van der Waals surface area contributed by atoms with E-state index in [1.54, 1.807) is 6.92 Å². The first-order valence-electron chi connectivity index (χ1n) is 4.88. The minimum absolute atomic E-state index is 0.0241. The molecule has 1 aromatic heterocycles. The van der Waals surface area contributed by atoms with Crippen molar-refractivity contribution in [1.82, 2.24) is 5.32 Å². The topological polar surface area (TPSA) is 82.7 Å². The van der Waals surface area contributed by atoms with E-state index in [0.717, 1.165) is 0 Å². The average molecular weight is 249 g/mol. The second kappa shape index (κ2) is 5.24. The molecule has 0 aliphatic carbocycles. The van der Waals surface area contributed by atoms with Crippen molar-refractivity contribution in [3.8, 4) is 0 Å². The molecule has 3 N–H and O–H groups in total. The van der Waals surface area contributed by atoms with Gasteiger partial charge in [-0.3, -0.25) is 0 Å². The van der Waals surface area contributed by atoms with Crippen LogP contribution in [0.15, 0.2) is 10.5 Å². The van der Waals surface area contributed by atoms with E-state index in [2.05, 4.69) is 5.32 Å². The number of hydrogen-bond acceptors (Lipinski definition) is 4. The fourth-order valence-corrected chi connectivity index (χ4v) is 1.27. The molecule has 1 aromatic rings. The Morgan fingerprint density at radius 3 is 2.71 bits per heavy atom. The van der Waals surface area contributed by atoms with E-state index < -0.39 is 25.0 Å². The Bertz CT molecular complexity index is 403. The zero-order chi connectivity index (χ0) is 13.1. The molecular formula is C10H13F2NO4. The number of aliphatic hydroxyl groups excluding tert-OH is 1. The maximum absolute atomic E-state index is 12.6. The lowest BCUT2D eigenvalue weighted by atomic mass is 10.2. The predicted octanol–water partition coefficient (Wildman–Crippen LogP) is 1.00. The average Bonchev–Trinajstić information content (AvgIpc) is 2.59. The summed E-state index contributed by atoms with van der Waals surface area (Å²) in [5.41, 5.74) is 0.434. The van der Waals surface area contributed by atoms with Crippen LogP contribution in [0.4, 0.5) is 8.78 Å². The van der Waals surface area contributed by atoms with Gasteiger partial charge in [-0.25, -0.2) is 13.6 Å². The molecule has 0 spiro atoms. The molecule has 7 heteroatoms. The number of aryl methyl sites for hydroxylation is 1. The van der Waals surface area contributed by atoms with E-state index in [1.165, 1.54) is 6.07 Å². The number of halogens is 2. The molecule has 0 aliphatic heterocycles. The Balaban J connectivity index is 2.53. The van der Waals surface area contributed by atoms with Gasteiger partial charge >= 0.3 is 5.97 Å². The SMILES string of the molecule is Cc1cc(CNCC(F)(F)CO)oc1C(=O)O. The smallest absolute Gasteiger partial charge is 0.372 e. The van der Waals surface area contributed by atoms with Gasteiger partial charge in [0.05, 0.1) is 13.1 Å². The normalized spacial score (nSPS) is 11.8. The molecule has 0 aromatic carbocycles. The molecule has 0 radical (unpaired) electrons. The number of aliphatic hydroxyl groups is 1. The highest BCUT2D eigenvalue weighted by Crippen LogP contribution is 2.15. The quantitative estimate of drug-likeness (QED) is 0.700. The minimum atomic E-state index is -3.20. The van der Waals surface area contributed by atoms with Crippen LogP contribution in [-0.4, -0.2) is 35.3 Å². The molecule has 96 valence electrons. The van der Waals surface area contributed by atoms with Gasteiger partial charge in [0.1, 0.15) is 12.4 Å². The number of carbonyl (C=O) groups is 1. The number of alkyl halides is 2. The van der Waals surface area contributed by atoms with Gasteiger partial charge in [-0.15, -0.1) is 0 Å². The third-order valence-corrected chi connectivity index (χ3v) is 2.08. The summed E-state index contributed by atoms with van der Waals surface area (Å²) in [6.07, 6.45) is 0. The number of rotatable bonds is 6. The molecule has 0 unspecified atom stereocenters. The Kier molecular flexibility index (Phi) is 4.19. The molecule has 0 amide bonds.